The predicted octanol–water partition coefficient (Wildman–Crippen LogP) is 0.785. The van der Waals surface area contributed by atoms with Crippen LogP contribution in [0.25, 0.3) is 5.65 Å². The maximum absolute atomic E-state index is 12.0. The summed E-state index contributed by atoms with van der Waals surface area (Å²) in [5, 5.41) is 9.64. The largest absolute Gasteiger partial charge is 0.350 e. The number of nitrogens with one attached hydrogen (secondary N) is 1. The monoisotopic (exact) mass is 289 g/mol. The van der Waals surface area contributed by atoms with Crippen LogP contribution >= 0.6 is 11.3 Å². The van der Waals surface area contributed by atoms with Crippen LogP contribution in [0.2, 0.25) is 0 Å². The molecule has 3 rings (SSSR count). The minimum absolute atomic E-state index is 0.123. The van der Waals surface area contributed by atoms with Gasteiger partial charge in [-0.15, -0.1) is 16.4 Å². The Labute approximate surface area is 119 Å². The van der Waals surface area contributed by atoms with Gasteiger partial charge >= 0.3 is 5.69 Å². The molecular formula is C13H15N5OS. The van der Waals surface area contributed by atoms with Gasteiger partial charge in [-0.25, -0.2) is 13.9 Å². The third-order valence-corrected chi connectivity index (χ3v) is 3.95. The average Bonchev–Trinajstić information content (AvgIpc) is 3.08. The maximum Gasteiger partial charge on any atom is 0.350 e. The van der Waals surface area contributed by atoms with E-state index in [9.17, 15) is 4.79 Å². The molecule has 20 heavy (non-hydrogen) atoms. The molecule has 0 amide bonds. The number of nitrogens with zero attached hydrogens (tertiary/aromatic N) is 4. The van der Waals surface area contributed by atoms with Gasteiger partial charge in [0, 0.05) is 30.4 Å². The quantitative estimate of drug-likeness (QED) is 0.681. The Morgan fingerprint density at radius 1 is 1.35 bits per heavy atom. The van der Waals surface area contributed by atoms with Crippen molar-refractivity contribution in [2.45, 2.75) is 13.0 Å². The van der Waals surface area contributed by atoms with Gasteiger partial charge in [0.15, 0.2) is 5.65 Å². The zero-order chi connectivity index (χ0) is 13.8. The van der Waals surface area contributed by atoms with Crippen molar-refractivity contribution in [1.29, 1.82) is 0 Å². The highest BCUT2D eigenvalue weighted by molar-refractivity contribution is 7.09. The van der Waals surface area contributed by atoms with E-state index in [2.05, 4.69) is 32.9 Å². The molecular weight excluding hydrogens is 274 g/mol. The topological polar surface area (TPSA) is 64.2 Å². The van der Waals surface area contributed by atoms with E-state index in [1.807, 2.05) is 0 Å². The second kappa shape index (κ2) is 5.98. The first-order valence-corrected chi connectivity index (χ1v) is 7.35. The number of rotatable bonds is 6. The lowest BCUT2D eigenvalue weighted by Crippen LogP contribution is -2.28. The summed E-state index contributed by atoms with van der Waals surface area (Å²) < 4.78 is 2.97. The third kappa shape index (κ3) is 2.78. The van der Waals surface area contributed by atoms with Crippen molar-refractivity contribution in [1.82, 2.24) is 24.5 Å². The van der Waals surface area contributed by atoms with E-state index in [-0.39, 0.29) is 5.69 Å². The molecule has 0 aromatic carbocycles. The standard InChI is InChI=1S/C13H15N5OS/c19-13-17-7-5-15-10-12(17)16-18(13)8-6-14-4-3-11-2-1-9-20-11/h1-2,5,7,9-10,14H,3-4,6,8H2. The molecule has 0 unspecified atom stereocenters. The highest BCUT2D eigenvalue weighted by Crippen LogP contribution is 2.07. The van der Waals surface area contributed by atoms with Gasteiger partial charge in [-0.1, -0.05) is 6.07 Å². The van der Waals surface area contributed by atoms with Gasteiger partial charge < -0.3 is 5.32 Å². The van der Waals surface area contributed by atoms with Gasteiger partial charge in [0.05, 0.1) is 12.7 Å². The van der Waals surface area contributed by atoms with Gasteiger partial charge in [0.1, 0.15) is 0 Å². The second-order valence-electron chi connectivity index (χ2n) is 4.39. The van der Waals surface area contributed by atoms with E-state index >= 15 is 0 Å². The molecule has 0 radical (unpaired) electrons. The highest BCUT2D eigenvalue weighted by atomic mass is 32.1. The van der Waals surface area contributed by atoms with Gasteiger partial charge in [-0.3, -0.25) is 4.98 Å². The van der Waals surface area contributed by atoms with E-state index in [0.717, 1.165) is 19.5 Å². The van der Waals surface area contributed by atoms with E-state index in [4.69, 9.17) is 0 Å². The van der Waals surface area contributed by atoms with Gasteiger partial charge in [-0.2, -0.15) is 0 Å². The number of hydrogen-bond donors (Lipinski definition) is 1. The zero-order valence-corrected chi connectivity index (χ0v) is 11.7. The SMILES string of the molecule is O=c1n(CCNCCc2cccs2)nc2cnccn12. The molecule has 0 aliphatic heterocycles. The summed E-state index contributed by atoms with van der Waals surface area (Å²) in [6.45, 7) is 2.19. The summed E-state index contributed by atoms with van der Waals surface area (Å²) in [6.07, 6.45) is 5.81. The molecule has 0 aliphatic rings. The normalized spacial score (nSPS) is 11.2. The van der Waals surface area contributed by atoms with Crippen LogP contribution in [0.3, 0.4) is 0 Å². The van der Waals surface area contributed by atoms with E-state index in [1.165, 1.54) is 14.0 Å². The fourth-order valence-electron chi connectivity index (χ4n) is 2.00. The summed E-state index contributed by atoms with van der Waals surface area (Å²) in [5.74, 6) is 0. The highest BCUT2D eigenvalue weighted by Gasteiger charge is 2.05. The fourth-order valence-corrected chi connectivity index (χ4v) is 2.71. The molecule has 7 heteroatoms. The van der Waals surface area contributed by atoms with Gasteiger partial charge in [0.2, 0.25) is 0 Å². The van der Waals surface area contributed by atoms with Crippen molar-refractivity contribution in [2.75, 3.05) is 13.1 Å². The number of fused-ring (bicyclic) bond motifs is 1. The summed E-state index contributed by atoms with van der Waals surface area (Å²) in [6, 6.07) is 4.19. The zero-order valence-electron chi connectivity index (χ0n) is 10.9. The van der Waals surface area contributed by atoms with Crippen LogP contribution < -0.4 is 11.0 Å². The van der Waals surface area contributed by atoms with Crippen molar-refractivity contribution in [3.8, 4) is 0 Å². The van der Waals surface area contributed by atoms with Gasteiger partial charge in [0.25, 0.3) is 0 Å². The van der Waals surface area contributed by atoms with Crippen LogP contribution in [0.1, 0.15) is 4.88 Å². The Morgan fingerprint density at radius 2 is 2.30 bits per heavy atom. The number of thiophene rings is 1. The maximum atomic E-state index is 12.0. The second-order valence-corrected chi connectivity index (χ2v) is 5.42. The minimum Gasteiger partial charge on any atom is -0.315 e. The van der Waals surface area contributed by atoms with Crippen LogP contribution in [0.5, 0.6) is 0 Å². The molecule has 6 nitrogen and oxygen atoms in total. The smallest absolute Gasteiger partial charge is 0.315 e. The predicted molar refractivity (Wildman–Crippen MR) is 78.1 cm³/mol. The summed E-state index contributed by atoms with van der Waals surface area (Å²) in [7, 11) is 0. The molecule has 104 valence electrons. The van der Waals surface area contributed by atoms with E-state index < -0.39 is 0 Å². The molecule has 3 aromatic rings. The first kappa shape index (κ1) is 13.0. The molecule has 0 spiro atoms. The summed E-state index contributed by atoms with van der Waals surface area (Å²) in [5.41, 5.74) is 0.457. The van der Waals surface area contributed by atoms with Gasteiger partial charge in [-0.05, 0) is 17.9 Å². The van der Waals surface area contributed by atoms with Crippen LogP contribution in [0.4, 0.5) is 0 Å². The lowest BCUT2D eigenvalue weighted by molar-refractivity contribution is 0.543. The molecule has 3 aromatic heterocycles. The molecule has 0 saturated heterocycles. The molecule has 0 atom stereocenters. The molecule has 0 aliphatic carbocycles. The molecule has 3 heterocycles. The average molecular weight is 289 g/mol. The first-order chi connectivity index (χ1) is 9.84. The number of aromatic nitrogens is 4. The van der Waals surface area contributed by atoms with Crippen LogP contribution in [0, 0.1) is 0 Å². The van der Waals surface area contributed by atoms with Crippen molar-refractivity contribution < 1.29 is 0 Å². The van der Waals surface area contributed by atoms with E-state index in [1.54, 1.807) is 29.9 Å². The Morgan fingerprint density at radius 3 is 3.10 bits per heavy atom. The molecule has 0 bridgehead atoms. The van der Waals surface area contributed by atoms with Crippen molar-refractivity contribution in [2.24, 2.45) is 0 Å². The Kier molecular flexibility index (Phi) is 3.89. The first-order valence-electron chi connectivity index (χ1n) is 6.47. The summed E-state index contributed by atoms with van der Waals surface area (Å²) >= 11 is 1.76. The lowest BCUT2D eigenvalue weighted by atomic mass is 10.3. The van der Waals surface area contributed by atoms with Crippen LogP contribution in [0.15, 0.2) is 40.9 Å². The van der Waals surface area contributed by atoms with Crippen molar-refractivity contribution in [3.05, 3.63) is 51.5 Å². The Bertz CT molecular complexity index is 731. The van der Waals surface area contributed by atoms with Crippen molar-refractivity contribution in [3.63, 3.8) is 0 Å². The number of hydrogen-bond acceptors (Lipinski definition) is 5. The lowest BCUT2D eigenvalue weighted by Gasteiger charge is -2.02. The van der Waals surface area contributed by atoms with Crippen LogP contribution in [-0.2, 0) is 13.0 Å². The summed E-state index contributed by atoms with van der Waals surface area (Å²) in [4.78, 5) is 17.3. The molecule has 1 N–H and O–H groups in total. The molecule has 0 fully saturated rings. The Balaban J connectivity index is 1.52. The Hall–Kier alpha value is -1.99. The van der Waals surface area contributed by atoms with Crippen molar-refractivity contribution >= 4 is 17.0 Å². The van der Waals surface area contributed by atoms with Crippen LogP contribution in [-0.4, -0.2) is 32.3 Å². The molecule has 0 saturated carbocycles. The minimum atomic E-state index is -0.123. The third-order valence-electron chi connectivity index (χ3n) is 3.02. The van der Waals surface area contributed by atoms with E-state index in [0.29, 0.717) is 12.2 Å². The fraction of sp³-hybridized carbons (Fsp3) is 0.308.